The molecule has 1 amide bonds. The number of carbonyl (C=O) groups excluding carboxylic acids is 1. The lowest BCUT2D eigenvalue weighted by Gasteiger charge is -2.09. The van der Waals surface area contributed by atoms with Crippen molar-refractivity contribution in [3.05, 3.63) is 60.6 Å². The van der Waals surface area contributed by atoms with Crippen molar-refractivity contribution in [1.29, 1.82) is 0 Å². The van der Waals surface area contributed by atoms with E-state index in [1.165, 1.54) is 0 Å². The molecule has 0 radical (unpaired) electrons. The largest absolute Gasteiger partial charge is 0.496 e. The fourth-order valence-electron chi connectivity index (χ4n) is 2.42. The first-order valence-electron chi connectivity index (χ1n) is 7.11. The van der Waals surface area contributed by atoms with Crippen LogP contribution in [-0.2, 0) is 11.2 Å². The fraction of sp³-hybridized carbons (Fsp3) is 0.176. The lowest BCUT2D eigenvalue weighted by atomic mass is 10.1. The monoisotopic (exact) mass is 295 g/mol. The molecule has 0 bridgehead atoms. The van der Waals surface area contributed by atoms with Crippen molar-refractivity contribution in [2.45, 2.75) is 12.8 Å². The summed E-state index contributed by atoms with van der Waals surface area (Å²) in [4.78, 5) is 16.4. The van der Waals surface area contributed by atoms with Gasteiger partial charge in [-0.1, -0.05) is 18.2 Å². The number of hydrogen-bond donors (Lipinski definition) is 1. The molecule has 5 heteroatoms. The molecule has 0 spiro atoms. The van der Waals surface area contributed by atoms with Gasteiger partial charge in [0.05, 0.1) is 12.8 Å². The van der Waals surface area contributed by atoms with Crippen LogP contribution in [0, 0.1) is 0 Å². The number of benzene rings is 1. The van der Waals surface area contributed by atoms with Gasteiger partial charge >= 0.3 is 0 Å². The Morgan fingerprint density at radius 3 is 2.95 bits per heavy atom. The third-order valence-corrected chi connectivity index (χ3v) is 3.51. The number of imidazole rings is 1. The molecule has 0 aliphatic rings. The van der Waals surface area contributed by atoms with Crippen molar-refractivity contribution >= 4 is 17.2 Å². The van der Waals surface area contributed by atoms with Crippen LogP contribution >= 0.6 is 0 Å². The predicted molar refractivity (Wildman–Crippen MR) is 85.1 cm³/mol. The van der Waals surface area contributed by atoms with Gasteiger partial charge in [0.15, 0.2) is 5.65 Å². The summed E-state index contributed by atoms with van der Waals surface area (Å²) in [6, 6.07) is 11.5. The van der Waals surface area contributed by atoms with E-state index in [1.807, 2.05) is 53.2 Å². The number of methoxy groups -OCH3 is 1. The molecule has 5 nitrogen and oxygen atoms in total. The Labute approximate surface area is 128 Å². The number of amides is 1. The molecule has 2 heterocycles. The molecule has 112 valence electrons. The number of carbonyl (C=O) groups is 1. The van der Waals surface area contributed by atoms with E-state index in [1.54, 1.807) is 13.3 Å². The zero-order valence-corrected chi connectivity index (χ0v) is 12.3. The van der Waals surface area contributed by atoms with Crippen molar-refractivity contribution in [2.24, 2.45) is 0 Å². The number of para-hydroxylation sites is 1. The molecule has 3 aromatic rings. The summed E-state index contributed by atoms with van der Waals surface area (Å²) in [6.07, 6.45) is 6.47. The normalized spacial score (nSPS) is 10.6. The third-order valence-electron chi connectivity index (χ3n) is 3.51. The number of aromatic nitrogens is 2. The van der Waals surface area contributed by atoms with Gasteiger partial charge in [-0.25, -0.2) is 4.98 Å². The number of nitrogens with zero attached hydrogens (tertiary/aromatic N) is 2. The van der Waals surface area contributed by atoms with Gasteiger partial charge < -0.3 is 14.5 Å². The minimum atomic E-state index is -0.0398. The second-order valence-electron chi connectivity index (χ2n) is 4.94. The third kappa shape index (κ3) is 2.93. The highest BCUT2D eigenvalue weighted by molar-refractivity contribution is 5.94. The van der Waals surface area contributed by atoms with Crippen LogP contribution in [0.3, 0.4) is 0 Å². The van der Waals surface area contributed by atoms with Crippen molar-refractivity contribution in [3.8, 4) is 5.75 Å². The maximum Gasteiger partial charge on any atom is 0.224 e. The lowest BCUT2D eigenvalue weighted by molar-refractivity contribution is -0.116. The van der Waals surface area contributed by atoms with E-state index in [0.29, 0.717) is 12.8 Å². The number of ether oxygens (including phenoxy) is 1. The average molecular weight is 295 g/mol. The summed E-state index contributed by atoms with van der Waals surface area (Å²) in [5.74, 6) is 0.771. The van der Waals surface area contributed by atoms with Gasteiger partial charge in [0.25, 0.3) is 0 Å². The zero-order valence-electron chi connectivity index (χ0n) is 12.3. The molecule has 0 saturated carbocycles. The van der Waals surface area contributed by atoms with Crippen LogP contribution in [0.2, 0.25) is 0 Å². The van der Waals surface area contributed by atoms with Gasteiger partial charge in [-0.3, -0.25) is 4.79 Å². The van der Waals surface area contributed by atoms with Crippen LogP contribution in [0.4, 0.5) is 5.69 Å². The Hall–Kier alpha value is -2.82. The SMILES string of the molecule is COc1ccccc1CCC(=O)Nc1cccn2ccnc12. The standard InChI is InChI=1S/C17H17N3O2/c1-22-15-7-3-2-5-13(15)8-9-16(21)19-14-6-4-11-20-12-10-18-17(14)20/h2-7,10-12H,8-9H2,1H3,(H,19,21). The first-order chi connectivity index (χ1) is 10.8. The summed E-state index contributed by atoms with van der Waals surface area (Å²) in [7, 11) is 1.64. The molecule has 2 aromatic heterocycles. The smallest absolute Gasteiger partial charge is 0.224 e. The van der Waals surface area contributed by atoms with Gasteiger partial charge in [0, 0.05) is 25.0 Å². The second-order valence-corrected chi connectivity index (χ2v) is 4.94. The molecule has 0 atom stereocenters. The van der Waals surface area contributed by atoms with E-state index < -0.39 is 0 Å². The maximum atomic E-state index is 12.2. The van der Waals surface area contributed by atoms with Crippen molar-refractivity contribution in [3.63, 3.8) is 0 Å². The highest BCUT2D eigenvalue weighted by Crippen LogP contribution is 2.20. The van der Waals surface area contributed by atoms with Gasteiger partial charge in [-0.15, -0.1) is 0 Å². The van der Waals surface area contributed by atoms with E-state index in [-0.39, 0.29) is 5.91 Å². The van der Waals surface area contributed by atoms with Crippen LogP contribution in [0.25, 0.3) is 5.65 Å². The number of nitrogens with one attached hydrogen (secondary N) is 1. The van der Waals surface area contributed by atoms with Crippen LogP contribution in [-0.4, -0.2) is 22.4 Å². The van der Waals surface area contributed by atoms with E-state index in [0.717, 1.165) is 22.6 Å². The number of aryl methyl sites for hydroxylation is 1. The number of hydrogen-bond acceptors (Lipinski definition) is 3. The Kier molecular flexibility index (Phi) is 4.05. The summed E-state index contributed by atoms with van der Waals surface area (Å²) in [6.45, 7) is 0. The topological polar surface area (TPSA) is 55.6 Å². The Morgan fingerprint density at radius 2 is 2.09 bits per heavy atom. The van der Waals surface area contributed by atoms with Gasteiger partial charge in [-0.05, 0) is 30.2 Å². The van der Waals surface area contributed by atoms with E-state index in [2.05, 4.69) is 10.3 Å². The molecule has 0 aliphatic heterocycles. The summed E-state index contributed by atoms with van der Waals surface area (Å²) < 4.78 is 7.17. The molecule has 0 fully saturated rings. The molecule has 0 saturated heterocycles. The molecule has 1 aromatic carbocycles. The van der Waals surface area contributed by atoms with Crippen molar-refractivity contribution < 1.29 is 9.53 Å². The first kappa shape index (κ1) is 14.1. The van der Waals surface area contributed by atoms with Crippen LogP contribution in [0.15, 0.2) is 55.0 Å². The Balaban J connectivity index is 1.67. The minimum Gasteiger partial charge on any atom is -0.496 e. The van der Waals surface area contributed by atoms with Crippen LogP contribution < -0.4 is 10.1 Å². The maximum absolute atomic E-state index is 12.2. The summed E-state index contributed by atoms with van der Waals surface area (Å²) in [5.41, 5.74) is 2.49. The van der Waals surface area contributed by atoms with E-state index >= 15 is 0 Å². The highest BCUT2D eigenvalue weighted by atomic mass is 16.5. The quantitative estimate of drug-likeness (QED) is 0.787. The summed E-state index contributed by atoms with van der Waals surface area (Å²) >= 11 is 0. The average Bonchev–Trinajstić information content (AvgIpc) is 3.03. The number of rotatable bonds is 5. The van der Waals surface area contributed by atoms with Gasteiger partial charge in [-0.2, -0.15) is 0 Å². The van der Waals surface area contributed by atoms with Crippen molar-refractivity contribution in [1.82, 2.24) is 9.38 Å². The number of fused-ring (bicyclic) bond motifs is 1. The highest BCUT2D eigenvalue weighted by Gasteiger charge is 2.09. The first-order valence-corrected chi connectivity index (χ1v) is 7.11. The molecule has 0 aliphatic carbocycles. The lowest BCUT2D eigenvalue weighted by Crippen LogP contribution is -2.13. The Morgan fingerprint density at radius 1 is 1.23 bits per heavy atom. The van der Waals surface area contributed by atoms with Crippen molar-refractivity contribution in [2.75, 3.05) is 12.4 Å². The predicted octanol–water partition coefficient (Wildman–Crippen LogP) is 2.91. The van der Waals surface area contributed by atoms with Crippen LogP contribution in [0.5, 0.6) is 5.75 Å². The van der Waals surface area contributed by atoms with Gasteiger partial charge in [0.1, 0.15) is 5.75 Å². The Bertz CT molecular complexity index is 795. The number of anilines is 1. The molecule has 22 heavy (non-hydrogen) atoms. The fourth-order valence-corrected chi connectivity index (χ4v) is 2.42. The van der Waals surface area contributed by atoms with Gasteiger partial charge in [0.2, 0.25) is 5.91 Å². The number of pyridine rings is 1. The van der Waals surface area contributed by atoms with Crippen LogP contribution in [0.1, 0.15) is 12.0 Å². The molecule has 1 N–H and O–H groups in total. The van der Waals surface area contributed by atoms with E-state index in [4.69, 9.17) is 4.74 Å². The second kappa shape index (κ2) is 6.30. The molecular weight excluding hydrogens is 278 g/mol. The minimum absolute atomic E-state index is 0.0398. The molecule has 0 unspecified atom stereocenters. The molecule has 3 rings (SSSR count). The van der Waals surface area contributed by atoms with E-state index in [9.17, 15) is 4.79 Å². The summed E-state index contributed by atoms with van der Waals surface area (Å²) in [5, 5.41) is 2.92. The zero-order chi connectivity index (χ0) is 15.4. The molecular formula is C17H17N3O2.